The minimum atomic E-state index is -0.689. The molecule has 21 heavy (non-hydrogen) atoms. The highest BCUT2D eigenvalue weighted by molar-refractivity contribution is 5.82. The van der Waals surface area contributed by atoms with E-state index in [1.54, 1.807) is 6.92 Å². The summed E-state index contributed by atoms with van der Waals surface area (Å²) in [5.74, 6) is -1.00. The Morgan fingerprint density at radius 2 is 2.19 bits per heavy atom. The molecule has 0 aliphatic carbocycles. The van der Waals surface area contributed by atoms with E-state index in [0.29, 0.717) is 0 Å². The molecule has 1 aromatic rings. The van der Waals surface area contributed by atoms with Crippen LogP contribution in [0.25, 0.3) is 0 Å². The van der Waals surface area contributed by atoms with Gasteiger partial charge in [0.2, 0.25) is 5.91 Å². The van der Waals surface area contributed by atoms with Crippen molar-refractivity contribution in [2.45, 2.75) is 13.5 Å². The molecule has 0 saturated carbocycles. The van der Waals surface area contributed by atoms with Crippen molar-refractivity contribution < 1.29 is 14.3 Å². The third-order valence-corrected chi connectivity index (χ3v) is 2.53. The van der Waals surface area contributed by atoms with Crippen molar-refractivity contribution in [3.8, 4) is 0 Å². The van der Waals surface area contributed by atoms with E-state index >= 15 is 0 Å². The summed E-state index contributed by atoms with van der Waals surface area (Å²) in [6, 6.07) is 1.14. The quantitative estimate of drug-likeness (QED) is 0.519. The van der Waals surface area contributed by atoms with Gasteiger partial charge in [-0.25, -0.2) is 4.79 Å². The number of H-pyrrole nitrogens is 1. The summed E-state index contributed by atoms with van der Waals surface area (Å²) in [6.07, 6.45) is 2.68. The van der Waals surface area contributed by atoms with E-state index < -0.39 is 23.1 Å². The van der Waals surface area contributed by atoms with Gasteiger partial charge in [-0.05, 0) is 6.92 Å². The normalized spacial score (nSPS) is 9.95. The largest absolute Gasteiger partial charge is 0.465 e. The first-order valence-electron chi connectivity index (χ1n) is 6.32. The molecule has 8 heteroatoms. The molecule has 0 radical (unpaired) electrons. The Bertz CT molecular complexity index is 631. The number of aromatic amines is 1. The van der Waals surface area contributed by atoms with Crippen molar-refractivity contribution >= 4 is 11.9 Å². The first-order chi connectivity index (χ1) is 9.97. The van der Waals surface area contributed by atoms with Crippen molar-refractivity contribution in [3.63, 3.8) is 0 Å². The van der Waals surface area contributed by atoms with Crippen molar-refractivity contribution in [3.05, 3.63) is 45.8 Å². The number of carbonyl (C=O) groups excluding carboxylic acids is 2. The molecule has 8 nitrogen and oxygen atoms in total. The Morgan fingerprint density at radius 1 is 1.48 bits per heavy atom. The maximum atomic E-state index is 12.1. The van der Waals surface area contributed by atoms with Gasteiger partial charge in [0.15, 0.2) is 0 Å². The third-order valence-electron chi connectivity index (χ3n) is 2.53. The number of ether oxygens (including phenoxy) is 1. The molecule has 0 bridgehead atoms. The lowest BCUT2D eigenvalue weighted by Gasteiger charge is -2.20. The van der Waals surface area contributed by atoms with Gasteiger partial charge in [0, 0.05) is 18.8 Å². The van der Waals surface area contributed by atoms with Gasteiger partial charge in [-0.15, -0.1) is 6.58 Å². The molecule has 0 aliphatic rings. The maximum absolute atomic E-state index is 12.1. The highest BCUT2D eigenvalue weighted by Crippen LogP contribution is 1.95. The molecular formula is C13H17N3O5. The van der Waals surface area contributed by atoms with Gasteiger partial charge in [0.1, 0.15) is 13.1 Å². The monoisotopic (exact) mass is 295 g/mol. The molecule has 1 heterocycles. The van der Waals surface area contributed by atoms with Crippen LogP contribution in [0.3, 0.4) is 0 Å². The number of nitrogens with zero attached hydrogens (tertiary/aromatic N) is 2. The number of hydrogen-bond acceptors (Lipinski definition) is 5. The summed E-state index contributed by atoms with van der Waals surface area (Å²) < 4.78 is 5.82. The Morgan fingerprint density at radius 3 is 2.76 bits per heavy atom. The fourth-order valence-electron chi connectivity index (χ4n) is 1.59. The predicted molar refractivity (Wildman–Crippen MR) is 74.7 cm³/mol. The van der Waals surface area contributed by atoms with Crippen molar-refractivity contribution in [2.24, 2.45) is 0 Å². The second-order valence-corrected chi connectivity index (χ2v) is 4.11. The van der Waals surface area contributed by atoms with E-state index in [4.69, 9.17) is 4.74 Å². The summed E-state index contributed by atoms with van der Waals surface area (Å²) in [4.78, 5) is 49.2. The highest BCUT2D eigenvalue weighted by Gasteiger charge is 2.17. The smallest absolute Gasteiger partial charge is 0.328 e. The number of aromatic nitrogens is 2. The highest BCUT2D eigenvalue weighted by atomic mass is 16.5. The fourth-order valence-corrected chi connectivity index (χ4v) is 1.59. The average Bonchev–Trinajstić information content (AvgIpc) is 2.41. The molecule has 0 fully saturated rings. The van der Waals surface area contributed by atoms with Gasteiger partial charge < -0.3 is 9.64 Å². The van der Waals surface area contributed by atoms with Gasteiger partial charge >= 0.3 is 11.7 Å². The molecule has 0 aromatic carbocycles. The second-order valence-electron chi connectivity index (χ2n) is 4.11. The Labute approximate surface area is 120 Å². The van der Waals surface area contributed by atoms with Crippen LogP contribution in [0.5, 0.6) is 0 Å². The van der Waals surface area contributed by atoms with Crippen LogP contribution in [0.1, 0.15) is 6.92 Å². The molecule has 1 N–H and O–H groups in total. The fraction of sp³-hybridized carbons (Fsp3) is 0.385. The Balaban J connectivity index is 2.81. The third kappa shape index (κ3) is 5.09. The standard InChI is InChI=1S/C13H17N3O5/c1-3-6-15(9-12(19)21-4-2)11(18)8-16-7-5-10(17)14-13(16)20/h3,5,7H,1,4,6,8-9H2,2H3,(H,14,17,20). The minimum Gasteiger partial charge on any atom is -0.465 e. The Hall–Kier alpha value is -2.64. The number of rotatable bonds is 7. The zero-order chi connectivity index (χ0) is 15.8. The molecule has 1 amide bonds. The molecule has 0 unspecified atom stereocenters. The second kappa shape index (κ2) is 7.83. The zero-order valence-electron chi connectivity index (χ0n) is 11.7. The molecule has 0 saturated heterocycles. The molecule has 1 rings (SSSR count). The van der Waals surface area contributed by atoms with Gasteiger partial charge in [-0.1, -0.05) is 6.08 Å². The first kappa shape index (κ1) is 16.4. The molecule has 0 aliphatic heterocycles. The summed E-state index contributed by atoms with van der Waals surface area (Å²) in [6.45, 7) is 5.03. The molecular weight excluding hydrogens is 278 g/mol. The summed E-state index contributed by atoms with van der Waals surface area (Å²) in [7, 11) is 0. The van der Waals surface area contributed by atoms with Crippen LogP contribution in [0.4, 0.5) is 0 Å². The maximum Gasteiger partial charge on any atom is 0.328 e. The van der Waals surface area contributed by atoms with Crippen LogP contribution >= 0.6 is 0 Å². The summed E-state index contributed by atoms with van der Waals surface area (Å²) >= 11 is 0. The number of amides is 1. The summed E-state index contributed by atoms with van der Waals surface area (Å²) in [5, 5.41) is 0. The SMILES string of the molecule is C=CCN(CC(=O)OCC)C(=O)Cn1ccc(=O)[nH]c1=O. The van der Waals surface area contributed by atoms with E-state index in [0.717, 1.165) is 10.6 Å². The van der Waals surface area contributed by atoms with Crippen LogP contribution in [0.2, 0.25) is 0 Å². The molecule has 0 atom stereocenters. The topological polar surface area (TPSA) is 101 Å². The van der Waals surface area contributed by atoms with Crippen LogP contribution in [-0.2, 0) is 20.9 Å². The van der Waals surface area contributed by atoms with Gasteiger partial charge in [-0.2, -0.15) is 0 Å². The van der Waals surface area contributed by atoms with Gasteiger partial charge in [-0.3, -0.25) is 23.9 Å². The Kier molecular flexibility index (Phi) is 6.12. The number of nitrogens with one attached hydrogen (secondary N) is 1. The first-order valence-corrected chi connectivity index (χ1v) is 6.32. The lowest BCUT2D eigenvalue weighted by atomic mass is 10.4. The van der Waals surface area contributed by atoms with Crippen molar-refractivity contribution in [1.82, 2.24) is 14.5 Å². The lowest BCUT2D eigenvalue weighted by Crippen LogP contribution is -2.41. The van der Waals surface area contributed by atoms with Gasteiger partial charge in [0.25, 0.3) is 5.56 Å². The molecule has 1 aromatic heterocycles. The van der Waals surface area contributed by atoms with E-state index in [1.807, 2.05) is 4.98 Å². The van der Waals surface area contributed by atoms with Crippen molar-refractivity contribution in [1.29, 1.82) is 0 Å². The predicted octanol–water partition coefficient (Wildman–Crippen LogP) is -0.886. The molecule has 114 valence electrons. The van der Waals surface area contributed by atoms with E-state index in [-0.39, 0.29) is 26.2 Å². The molecule has 0 spiro atoms. The number of esters is 1. The van der Waals surface area contributed by atoms with Crippen LogP contribution < -0.4 is 11.2 Å². The van der Waals surface area contributed by atoms with E-state index in [1.165, 1.54) is 17.2 Å². The van der Waals surface area contributed by atoms with E-state index in [2.05, 4.69) is 6.58 Å². The van der Waals surface area contributed by atoms with Crippen LogP contribution in [-0.4, -0.2) is 46.0 Å². The van der Waals surface area contributed by atoms with Crippen LogP contribution in [0, 0.1) is 0 Å². The van der Waals surface area contributed by atoms with Gasteiger partial charge in [0.05, 0.1) is 6.61 Å². The minimum absolute atomic E-state index is 0.149. The van der Waals surface area contributed by atoms with Crippen molar-refractivity contribution in [2.75, 3.05) is 19.7 Å². The summed E-state index contributed by atoms with van der Waals surface area (Å²) in [5.41, 5.74) is -1.23. The van der Waals surface area contributed by atoms with Crippen LogP contribution in [0.15, 0.2) is 34.5 Å². The zero-order valence-corrected chi connectivity index (χ0v) is 11.7. The lowest BCUT2D eigenvalue weighted by molar-refractivity contribution is -0.148. The number of carbonyl (C=O) groups is 2. The number of hydrogen-bond donors (Lipinski definition) is 1. The average molecular weight is 295 g/mol. The van der Waals surface area contributed by atoms with E-state index in [9.17, 15) is 19.2 Å².